The lowest BCUT2D eigenvalue weighted by molar-refractivity contribution is -0.119. The van der Waals surface area contributed by atoms with Crippen molar-refractivity contribution in [2.24, 2.45) is 0 Å². The maximum absolute atomic E-state index is 12.2. The van der Waals surface area contributed by atoms with Crippen molar-refractivity contribution < 1.29 is 9.90 Å². The first kappa shape index (κ1) is 13.9. The molecule has 0 atom stereocenters. The van der Waals surface area contributed by atoms with Gasteiger partial charge >= 0.3 is 0 Å². The number of nitrogens with zero attached hydrogens (tertiary/aromatic N) is 3. The standard InChI is InChI=1S/C14H18N4O2/c1-9-14(15)10(2)18(16-9)8-13(20)17(3)11-4-6-12(19)7-5-11/h4-7,19H,8,15H2,1-3H3. The molecule has 0 spiro atoms. The molecule has 0 fully saturated rings. The monoisotopic (exact) mass is 274 g/mol. The van der Waals surface area contributed by atoms with Gasteiger partial charge in [-0.15, -0.1) is 0 Å². The van der Waals surface area contributed by atoms with Crippen molar-refractivity contribution in [3.05, 3.63) is 35.7 Å². The number of hydrogen-bond acceptors (Lipinski definition) is 4. The highest BCUT2D eigenvalue weighted by Crippen LogP contribution is 2.19. The van der Waals surface area contributed by atoms with Gasteiger partial charge in [0.2, 0.25) is 5.91 Å². The first-order valence-electron chi connectivity index (χ1n) is 6.25. The maximum atomic E-state index is 12.2. The van der Waals surface area contributed by atoms with E-state index in [0.717, 1.165) is 11.4 Å². The van der Waals surface area contributed by atoms with Crippen molar-refractivity contribution in [2.75, 3.05) is 17.7 Å². The Balaban J connectivity index is 2.15. The van der Waals surface area contributed by atoms with Crippen LogP contribution in [-0.2, 0) is 11.3 Å². The maximum Gasteiger partial charge on any atom is 0.248 e. The van der Waals surface area contributed by atoms with E-state index in [-0.39, 0.29) is 18.2 Å². The molecular formula is C14H18N4O2. The van der Waals surface area contributed by atoms with Gasteiger partial charge in [0.05, 0.1) is 17.1 Å². The zero-order chi connectivity index (χ0) is 14.9. The minimum absolute atomic E-state index is 0.110. The molecule has 1 aromatic heterocycles. The zero-order valence-corrected chi connectivity index (χ0v) is 11.8. The van der Waals surface area contributed by atoms with E-state index in [2.05, 4.69) is 5.10 Å². The molecule has 3 N–H and O–H groups in total. The van der Waals surface area contributed by atoms with Crippen molar-refractivity contribution >= 4 is 17.3 Å². The second-order valence-electron chi connectivity index (χ2n) is 4.71. The number of phenols is 1. The van der Waals surface area contributed by atoms with Crippen LogP contribution >= 0.6 is 0 Å². The van der Waals surface area contributed by atoms with E-state index < -0.39 is 0 Å². The molecule has 20 heavy (non-hydrogen) atoms. The van der Waals surface area contributed by atoms with Crippen molar-refractivity contribution in [3.8, 4) is 5.75 Å². The molecule has 2 aromatic rings. The summed E-state index contributed by atoms with van der Waals surface area (Å²) in [7, 11) is 1.68. The summed E-state index contributed by atoms with van der Waals surface area (Å²) in [6, 6.07) is 6.45. The van der Waals surface area contributed by atoms with Gasteiger partial charge in [-0.3, -0.25) is 9.48 Å². The average molecular weight is 274 g/mol. The number of aromatic hydroxyl groups is 1. The van der Waals surface area contributed by atoms with Crippen LogP contribution in [0.2, 0.25) is 0 Å². The van der Waals surface area contributed by atoms with Crippen LogP contribution < -0.4 is 10.6 Å². The smallest absolute Gasteiger partial charge is 0.248 e. The molecule has 0 unspecified atom stereocenters. The predicted molar refractivity (Wildman–Crippen MR) is 77.6 cm³/mol. The number of nitrogens with two attached hydrogens (primary N) is 1. The molecule has 0 aliphatic heterocycles. The van der Waals surface area contributed by atoms with Crippen molar-refractivity contribution in [1.82, 2.24) is 9.78 Å². The van der Waals surface area contributed by atoms with Crippen LogP contribution in [0.25, 0.3) is 0 Å². The van der Waals surface area contributed by atoms with Crippen LogP contribution in [0.4, 0.5) is 11.4 Å². The minimum atomic E-state index is -0.110. The molecule has 1 aromatic carbocycles. The van der Waals surface area contributed by atoms with E-state index in [4.69, 9.17) is 5.73 Å². The molecule has 0 saturated carbocycles. The summed E-state index contributed by atoms with van der Waals surface area (Å²) in [6.45, 7) is 3.78. The topological polar surface area (TPSA) is 84.4 Å². The second kappa shape index (κ2) is 5.24. The van der Waals surface area contributed by atoms with Crippen LogP contribution in [0, 0.1) is 13.8 Å². The van der Waals surface area contributed by atoms with E-state index in [1.54, 1.807) is 36.0 Å². The van der Waals surface area contributed by atoms with E-state index in [0.29, 0.717) is 11.4 Å². The summed E-state index contributed by atoms with van der Waals surface area (Å²) < 4.78 is 1.60. The fraction of sp³-hybridized carbons (Fsp3) is 0.286. The molecule has 0 bridgehead atoms. The number of aromatic nitrogens is 2. The van der Waals surface area contributed by atoms with Gasteiger partial charge in [0.15, 0.2) is 0 Å². The first-order valence-corrected chi connectivity index (χ1v) is 6.25. The largest absolute Gasteiger partial charge is 0.508 e. The molecule has 6 heteroatoms. The van der Waals surface area contributed by atoms with Gasteiger partial charge in [0, 0.05) is 12.7 Å². The molecule has 6 nitrogen and oxygen atoms in total. The number of rotatable bonds is 3. The van der Waals surface area contributed by atoms with E-state index >= 15 is 0 Å². The zero-order valence-electron chi connectivity index (χ0n) is 11.8. The Kier molecular flexibility index (Phi) is 3.65. The number of carbonyl (C=O) groups excluding carboxylic acids is 1. The highest BCUT2D eigenvalue weighted by atomic mass is 16.3. The van der Waals surface area contributed by atoms with Gasteiger partial charge in [0.25, 0.3) is 0 Å². The Morgan fingerprint density at radius 3 is 2.45 bits per heavy atom. The third kappa shape index (κ3) is 2.59. The SMILES string of the molecule is Cc1nn(CC(=O)N(C)c2ccc(O)cc2)c(C)c1N. The van der Waals surface area contributed by atoms with Gasteiger partial charge in [-0.2, -0.15) is 5.10 Å². The molecule has 0 saturated heterocycles. The van der Waals surface area contributed by atoms with Crippen molar-refractivity contribution in [2.45, 2.75) is 20.4 Å². The van der Waals surface area contributed by atoms with Gasteiger partial charge in [-0.05, 0) is 38.1 Å². The molecule has 0 aliphatic carbocycles. The normalized spacial score (nSPS) is 10.6. The number of nitrogen functional groups attached to an aromatic ring is 1. The van der Waals surface area contributed by atoms with Gasteiger partial charge in [-0.25, -0.2) is 0 Å². The Bertz CT molecular complexity index is 631. The molecular weight excluding hydrogens is 256 g/mol. The highest BCUT2D eigenvalue weighted by Gasteiger charge is 2.15. The Labute approximate surface area is 117 Å². The Morgan fingerprint density at radius 2 is 1.95 bits per heavy atom. The molecule has 0 radical (unpaired) electrons. The van der Waals surface area contributed by atoms with Gasteiger partial charge < -0.3 is 15.7 Å². The number of phenolic OH excluding ortho intramolecular Hbond substituents is 1. The Hall–Kier alpha value is -2.50. The second-order valence-corrected chi connectivity index (χ2v) is 4.71. The first-order chi connectivity index (χ1) is 9.40. The van der Waals surface area contributed by atoms with Crippen molar-refractivity contribution in [3.63, 3.8) is 0 Å². The van der Waals surface area contributed by atoms with Crippen molar-refractivity contribution in [1.29, 1.82) is 0 Å². The number of amides is 1. The summed E-state index contributed by atoms with van der Waals surface area (Å²) in [5.74, 6) is 0.0576. The van der Waals surface area contributed by atoms with Crippen LogP contribution in [0.3, 0.4) is 0 Å². The quantitative estimate of drug-likeness (QED) is 0.887. The summed E-state index contributed by atoms with van der Waals surface area (Å²) in [4.78, 5) is 13.8. The third-order valence-corrected chi connectivity index (χ3v) is 3.33. The number of anilines is 2. The lowest BCUT2D eigenvalue weighted by atomic mass is 10.3. The van der Waals surface area contributed by atoms with Crippen LogP contribution in [0.5, 0.6) is 5.75 Å². The molecule has 1 amide bonds. The summed E-state index contributed by atoms with van der Waals surface area (Å²) in [6.07, 6.45) is 0. The van der Waals surface area contributed by atoms with Crippen LogP contribution in [0.15, 0.2) is 24.3 Å². The molecule has 0 aliphatic rings. The van der Waals surface area contributed by atoms with Crippen LogP contribution in [0.1, 0.15) is 11.4 Å². The molecule has 2 rings (SSSR count). The van der Waals surface area contributed by atoms with Crippen LogP contribution in [-0.4, -0.2) is 27.8 Å². The number of likely N-dealkylation sites (N-methyl/N-ethyl adjacent to an activating group) is 1. The summed E-state index contributed by atoms with van der Waals surface area (Å²) in [5.41, 5.74) is 8.68. The highest BCUT2D eigenvalue weighted by molar-refractivity contribution is 5.92. The van der Waals surface area contributed by atoms with Gasteiger partial charge in [-0.1, -0.05) is 0 Å². The Morgan fingerprint density at radius 1 is 1.35 bits per heavy atom. The third-order valence-electron chi connectivity index (χ3n) is 3.33. The van der Waals surface area contributed by atoms with E-state index in [1.807, 2.05) is 13.8 Å². The lowest BCUT2D eigenvalue weighted by Crippen LogP contribution is -2.30. The number of carbonyl (C=O) groups is 1. The summed E-state index contributed by atoms with van der Waals surface area (Å²) in [5, 5.41) is 13.5. The fourth-order valence-electron chi connectivity index (χ4n) is 1.92. The van der Waals surface area contributed by atoms with E-state index in [9.17, 15) is 9.90 Å². The molecule has 1 heterocycles. The number of aryl methyl sites for hydroxylation is 1. The van der Waals surface area contributed by atoms with E-state index in [1.165, 1.54) is 4.90 Å². The lowest BCUT2D eigenvalue weighted by Gasteiger charge is -2.17. The predicted octanol–water partition coefficient (Wildman–Crippen LogP) is 1.45. The average Bonchev–Trinajstić information content (AvgIpc) is 2.66. The number of benzene rings is 1. The van der Waals surface area contributed by atoms with Gasteiger partial charge in [0.1, 0.15) is 12.3 Å². The fourth-order valence-corrected chi connectivity index (χ4v) is 1.92. The number of hydrogen-bond donors (Lipinski definition) is 2. The molecule has 106 valence electrons. The summed E-state index contributed by atoms with van der Waals surface area (Å²) >= 11 is 0. The minimum Gasteiger partial charge on any atom is -0.508 e.